The van der Waals surface area contributed by atoms with Crippen molar-refractivity contribution < 1.29 is 27.1 Å². The van der Waals surface area contributed by atoms with Crippen LogP contribution in [0.4, 0.5) is 4.39 Å². The third-order valence-electron chi connectivity index (χ3n) is 4.48. The topological polar surface area (TPSA) is 94.8 Å². The van der Waals surface area contributed by atoms with Gasteiger partial charge in [0.2, 0.25) is 0 Å². The number of para-hydroxylation sites is 1. The van der Waals surface area contributed by atoms with Crippen molar-refractivity contribution in [3.05, 3.63) is 58.6 Å². The number of carbonyl (C=O) groups excluding carboxylic acids is 2. The lowest BCUT2D eigenvalue weighted by Crippen LogP contribution is -2.23. The lowest BCUT2D eigenvalue weighted by atomic mass is 10.1. The summed E-state index contributed by atoms with van der Waals surface area (Å²) in [6.45, 7) is 3.13. The minimum atomic E-state index is -3.32. The third kappa shape index (κ3) is 5.26. The van der Waals surface area contributed by atoms with Gasteiger partial charge in [-0.3, -0.25) is 9.59 Å². The van der Waals surface area contributed by atoms with Crippen LogP contribution in [-0.4, -0.2) is 37.2 Å². The van der Waals surface area contributed by atoms with Gasteiger partial charge in [0.05, 0.1) is 33.9 Å². The van der Waals surface area contributed by atoms with E-state index < -0.39 is 27.5 Å². The molecule has 0 aliphatic rings. The zero-order chi connectivity index (χ0) is 22.6. The number of hydrogen-bond donors (Lipinski definition) is 0. The van der Waals surface area contributed by atoms with Crippen molar-refractivity contribution in [2.24, 2.45) is 4.99 Å². The number of esters is 1. The fraction of sp³-hybridized carbons (Fsp3) is 0.286. The maximum absolute atomic E-state index is 14.4. The van der Waals surface area contributed by atoms with Gasteiger partial charge in [-0.25, -0.2) is 12.8 Å². The molecule has 1 heterocycles. The molecule has 0 fully saturated rings. The molecular weight excluding hydrogens is 443 g/mol. The monoisotopic (exact) mass is 464 g/mol. The number of aromatic nitrogens is 1. The maximum atomic E-state index is 14.4. The first-order valence-electron chi connectivity index (χ1n) is 9.58. The fourth-order valence-corrected chi connectivity index (χ4v) is 4.90. The SMILES string of the molecule is CCOC(=O)Cn1c(=NC(=O)Cc2ccc(S(=O)(=O)CC)cc2)sc2cccc(F)c21. The van der Waals surface area contributed by atoms with Crippen molar-refractivity contribution in [2.75, 3.05) is 12.4 Å². The molecule has 0 bridgehead atoms. The molecule has 1 aromatic heterocycles. The second kappa shape index (κ2) is 9.52. The minimum absolute atomic E-state index is 0.0103. The number of ether oxygens (including phenoxy) is 1. The molecule has 0 saturated carbocycles. The van der Waals surface area contributed by atoms with E-state index in [0.29, 0.717) is 10.3 Å². The standard InChI is InChI=1S/C21H21FN2O5S2/c1-3-29-19(26)13-24-20-16(22)6-5-7-17(20)30-21(24)23-18(25)12-14-8-10-15(11-9-14)31(27,28)4-2/h5-11H,3-4,12-13H2,1-2H3. The molecule has 10 heteroatoms. The molecule has 0 atom stereocenters. The van der Waals surface area contributed by atoms with Crippen LogP contribution in [0.15, 0.2) is 52.4 Å². The molecule has 7 nitrogen and oxygen atoms in total. The van der Waals surface area contributed by atoms with Crippen molar-refractivity contribution in [2.45, 2.75) is 31.7 Å². The number of fused-ring (bicyclic) bond motifs is 1. The van der Waals surface area contributed by atoms with E-state index in [9.17, 15) is 22.4 Å². The van der Waals surface area contributed by atoms with Crippen molar-refractivity contribution in [1.82, 2.24) is 4.57 Å². The van der Waals surface area contributed by atoms with Gasteiger partial charge >= 0.3 is 5.97 Å². The average molecular weight is 465 g/mol. The number of hydrogen-bond acceptors (Lipinski definition) is 6. The summed E-state index contributed by atoms with van der Waals surface area (Å²) >= 11 is 1.09. The molecular formula is C21H21FN2O5S2. The molecule has 0 aliphatic heterocycles. The Labute approximate surface area is 182 Å². The Bertz CT molecular complexity index is 1290. The Morgan fingerprint density at radius 1 is 1.13 bits per heavy atom. The lowest BCUT2D eigenvalue weighted by molar-refractivity contribution is -0.143. The second-order valence-electron chi connectivity index (χ2n) is 6.59. The van der Waals surface area contributed by atoms with Crippen LogP contribution in [-0.2, 0) is 37.1 Å². The molecule has 31 heavy (non-hydrogen) atoms. The number of sulfone groups is 1. The summed E-state index contributed by atoms with van der Waals surface area (Å²) in [7, 11) is -3.32. The molecule has 0 unspecified atom stereocenters. The molecule has 3 rings (SSSR count). The first kappa shape index (κ1) is 22.8. The van der Waals surface area contributed by atoms with Gasteiger partial charge < -0.3 is 9.30 Å². The largest absolute Gasteiger partial charge is 0.465 e. The molecule has 2 aromatic carbocycles. The van der Waals surface area contributed by atoms with Crippen LogP contribution >= 0.6 is 11.3 Å². The second-order valence-corrected chi connectivity index (χ2v) is 9.88. The number of nitrogens with zero attached hydrogens (tertiary/aromatic N) is 2. The van der Waals surface area contributed by atoms with Gasteiger partial charge in [0.25, 0.3) is 5.91 Å². The highest BCUT2D eigenvalue weighted by Crippen LogP contribution is 2.20. The molecule has 1 amide bonds. The number of thiazole rings is 1. The summed E-state index contributed by atoms with van der Waals surface area (Å²) in [5.41, 5.74) is 0.772. The first-order valence-corrected chi connectivity index (χ1v) is 12.0. The van der Waals surface area contributed by atoms with Gasteiger partial charge in [-0.05, 0) is 36.8 Å². The highest BCUT2D eigenvalue weighted by molar-refractivity contribution is 7.91. The van der Waals surface area contributed by atoms with Crippen LogP contribution in [0, 0.1) is 5.82 Å². The van der Waals surface area contributed by atoms with E-state index in [1.807, 2.05) is 0 Å². The van der Waals surface area contributed by atoms with Crippen LogP contribution in [0.1, 0.15) is 19.4 Å². The third-order valence-corrected chi connectivity index (χ3v) is 7.28. The van der Waals surface area contributed by atoms with E-state index in [1.165, 1.54) is 22.8 Å². The number of rotatable bonds is 7. The van der Waals surface area contributed by atoms with E-state index in [1.54, 1.807) is 38.1 Å². The van der Waals surface area contributed by atoms with Crippen molar-refractivity contribution in [1.29, 1.82) is 0 Å². The molecule has 164 valence electrons. The summed E-state index contributed by atoms with van der Waals surface area (Å²) in [6, 6.07) is 10.5. The predicted molar refractivity (Wildman–Crippen MR) is 115 cm³/mol. The molecule has 3 aromatic rings. The van der Waals surface area contributed by atoms with Gasteiger partial charge in [-0.1, -0.05) is 36.5 Å². The Kier molecular flexibility index (Phi) is 7.01. The van der Waals surface area contributed by atoms with E-state index in [-0.39, 0.29) is 40.5 Å². The highest BCUT2D eigenvalue weighted by Gasteiger charge is 2.16. The van der Waals surface area contributed by atoms with E-state index in [2.05, 4.69) is 4.99 Å². The van der Waals surface area contributed by atoms with E-state index >= 15 is 0 Å². The van der Waals surface area contributed by atoms with Crippen LogP contribution in [0.5, 0.6) is 0 Å². The van der Waals surface area contributed by atoms with Gasteiger partial charge in [-0.2, -0.15) is 4.99 Å². The zero-order valence-corrected chi connectivity index (χ0v) is 18.6. The highest BCUT2D eigenvalue weighted by atomic mass is 32.2. The summed E-state index contributed by atoms with van der Waals surface area (Å²) in [6.07, 6.45) is -0.0669. The van der Waals surface area contributed by atoms with E-state index in [0.717, 1.165) is 11.3 Å². The Balaban J connectivity index is 1.93. The predicted octanol–water partition coefficient (Wildman–Crippen LogP) is 2.87. The maximum Gasteiger partial charge on any atom is 0.326 e. The van der Waals surface area contributed by atoms with Gasteiger partial charge in [0.1, 0.15) is 12.4 Å². The molecule has 0 aliphatic carbocycles. The normalized spacial score (nSPS) is 12.3. The quantitative estimate of drug-likeness (QED) is 0.501. The summed E-state index contributed by atoms with van der Waals surface area (Å²) in [5.74, 6) is -1.61. The Hall–Kier alpha value is -2.85. The van der Waals surface area contributed by atoms with Crippen molar-refractivity contribution in [3.8, 4) is 0 Å². The average Bonchev–Trinajstić information content (AvgIpc) is 3.06. The summed E-state index contributed by atoms with van der Waals surface area (Å²) in [5, 5.41) is 0. The van der Waals surface area contributed by atoms with Gasteiger partial charge in [0.15, 0.2) is 14.6 Å². The smallest absolute Gasteiger partial charge is 0.326 e. The molecule has 0 spiro atoms. The van der Waals surface area contributed by atoms with Crippen LogP contribution in [0.25, 0.3) is 10.2 Å². The fourth-order valence-electron chi connectivity index (χ4n) is 2.96. The van der Waals surface area contributed by atoms with Crippen LogP contribution in [0.2, 0.25) is 0 Å². The first-order chi connectivity index (χ1) is 14.7. The number of benzene rings is 2. The summed E-state index contributed by atoms with van der Waals surface area (Å²) in [4.78, 5) is 29.0. The van der Waals surface area contributed by atoms with Crippen molar-refractivity contribution in [3.63, 3.8) is 0 Å². The number of halogens is 1. The summed E-state index contributed by atoms with van der Waals surface area (Å²) < 4.78 is 45.0. The zero-order valence-electron chi connectivity index (χ0n) is 17.0. The van der Waals surface area contributed by atoms with Crippen LogP contribution in [0.3, 0.4) is 0 Å². The Morgan fingerprint density at radius 2 is 1.84 bits per heavy atom. The Morgan fingerprint density at radius 3 is 2.48 bits per heavy atom. The number of carbonyl (C=O) groups is 2. The van der Waals surface area contributed by atoms with Gasteiger partial charge in [0, 0.05) is 0 Å². The molecule has 0 saturated heterocycles. The number of amides is 1. The van der Waals surface area contributed by atoms with E-state index in [4.69, 9.17) is 4.74 Å². The van der Waals surface area contributed by atoms with Crippen molar-refractivity contribution >= 4 is 43.3 Å². The van der Waals surface area contributed by atoms with Gasteiger partial charge in [-0.15, -0.1) is 0 Å². The molecule has 0 N–H and O–H groups in total. The molecule has 0 radical (unpaired) electrons. The minimum Gasteiger partial charge on any atom is -0.465 e. The van der Waals surface area contributed by atoms with Crippen LogP contribution < -0.4 is 4.80 Å². The lowest BCUT2D eigenvalue weighted by Gasteiger charge is -2.06.